The number of nitrogens with one attached hydrogen (secondary N) is 2. The van der Waals surface area contributed by atoms with Crippen LogP contribution >= 0.6 is 13.5 Å². The summed E-state index contributed by atoms with van der Waals surface area (Å²) in [6.45, 7) is 8.55. The van der Waals surface area contributed by atoms with Crippen molar-refractivity contribution in [1.29, 1.82) is 0 Å². The third kappa shape index (κ3) is 4.68. The van der Waals surface area contributed by atoms with Crippen molar-refractivity contribution in [3.8, 4) is 11.5 Å². The molecule has 0 aliphatic carbocycles. The number of benzene rings is 2. The number of carbonyl (C=O) groups excluding carboxylic acids is 1. The molecule has 1 aliphatic rings. The van der Waals surface area contributed by atoms with Crippen molar-refractivity contribution >= 4 is 48.0 Å². The molecule has 8 nitrogen and oxygen atoms in total. The third-order valence-corrected chi connectivity index (χ3v) is 6.17. The molecule has 35 heavy (non-hydrogen) atoms. The van der Waals surface area contributed by atoms with Gasteiger partial charge < -0.3 is 20.0 Å². The van der Waals surface area contributed by atoms with E-state index in [0.717, 1.165) is 39.3 Å². The number of anilines is 3. The highest BCUT2D eigenvalue weighted by Crippen LogP contribution is 2.34. The van der Waals surface area contributed by atoms with E-state index in [0.29, 0.717) is 24.1 Å². The number of oxazole rings is 1. The largest absolute Gasteiger partial charge is 0.436 e. The first kappa shape index (κ1) is 24.5. The van der Waals surface area contributed by atoms with Gasteiger partial charge in [0.1, 0.15) is 17.2 Å². The first-order valence-electron chi connectivity index (χ1n) is 11.4. The fourth-order valence-electron chi connectivity index (χ4n) is 4.40. The van der Waals surface area contributed by atoms with E-state index in [9.17, 15) is 4.79 Å². The standard InChI is InChI=1S/C26H28N6O2.H2S/c1-14(2)22-24(33)30-21-16(4)28-26(31-23(21)32(22)5)27-13-17-7-9-18(10-8-17)25-29-19-12-15(3)6-11-20(19)34-25;/h6-12,14,22H,13H2,1-5H3,(H,30,33)(H,27,28,31);1H2/t22-;/m0./s1. The van der Waals surface area contributed by atoms with Crippen LogP contribution in [0.2, 0.25) is 0 Å². The van der Waals surface area contributed by atoms with E-state index in [4.69, 9.17) is 9.40 Å². The Hall–Kier alpha value is -3.59. The highest BCUT2D eigenvalue weighted by molar-refractivity contribution is 7.59. The molecule has 1 aliphatic heterocycles. The van der Waals surface area contributed by atoms with Gasteiger partial charge in [0.15, 0.2) is 11.4 Å². The summed E-state index contributed by atoms with van der Waals surface area (Å²) in [5, 5.41) is 6.29. The van der Waals surface area contributed by atoms with Crippen molar-refractivity contribution in [3.05, 3.63) is 59.3 Å². The van der Waals surface area contributed by atoms with Crippen LogP contribution in [0.5, 0.6) is 0 Å². The zero-order valence-electron chi connectivity index (χ0n) is 20.5. The number of carbonyl (C=O) groups is 1. The molecule has 3 heterocycles. The average Bonchev–Trinajstić information content (AvgIpc) is 3.22. The van der Waals surface area contributed by atoms with E-state index in [2.05, 4.69) is 20.6 Å². The van der Waals surface area contributed by atoms with Crippen LogP contribution in [0.25, 0.3) is 22.6 Å². The van der Waals surface area contributed by atoms with Gasteiger partial charge in [-0.15, -0.1) is 0 Å². The maximum absolute atomic E-state index is 12.5. The summed E-state index contributed by atoms with van der Waals surface area (Å²) >= 11 is 0. The van der Waals surface area contributed by atoms with Crippen LogP contribution in [0.1, 0.15) is 30.7 Å². The molecule has 1 amide bonds. The lowest BCUT2D eigenvalue weighted by Crippen LogP contribution is -2.49. The van der Waals surface area contributed by atoms with Crippen molar-refractivity contribution < 1.29 is 9.21 Å². The van der Waals surface area contributed by atoms with Crippen molar-refractivity contribution in [2.45, 2.75) is 40.3 Å². The molecule has 0 saturated carbocycles. The van der Waals surface area contributed by atoms with Gasteiger partial charge in [0.05, 0.1) is 5.69 Å². The van der Waals surface area contributed by atoms with Gasteiger partial charge >= 0.3 is 0 Å². The lowest BCUT2D eigenvalue weighted by molar-refractivity contribution is -0.118. The van der Waals surface area contributed by atoms with Gasteiger partial charge in [-0.2, -0.15) is 18.5 Å². The van der Waals surface area contributed by atoms with E-state index < -0.39 is 0 Å². The summed E-state index contributed by atoms with van der Waals surface area (Å²) in [7, 11) is 1.91. The number of fused-ring (bicyclic) bond motifs is 2. The van der Waals surface area contributed by atoms with Gasteiger partial charge in [-0.1, -0.05) is 32.0 Å². The monoisotopic (exact) mass is 490 g/mol. The normalized spacial score (nSPS) is 15.1. The lowest BCUT2D eigenvalue weighted by Gasteiger charge is -2.36. The Morgan fingerprint density at radius 3 is 2.54 bits per heavy atom. The second-order valence-corrected chi connectivity index (χ2v) is 9.16. The van der Waals surface area contributed by atoms with Gasteiger partial charge in [0.2, 0.25) is 17.7 Å². The number of amides is 1. The lowest BCUT2D eigenvalue weighted by atomic mass is 9.99. The second kappa shape index (κ2) is 9.58. The van der Waals surface area contributed by atoms with E-state index in [-0.39, 0.29) is 31.4 Å². The fourth-order valence-corrected chi connectivity index (χ4v) is 4.40. The zero-order chi connectivity index (χ0) is 24.0. The minimum atomic E-state index is -0.266. The smallest absolute Gasteiger partial charge is 0.247 e. The third-order valence-electron chi connectivity index (χ3n) is 6.17. The van der Waals surface area contributed by atoms with Crippen molar-refractivity contribution in [1.82, 2.24) is 15.0 Å². The van der Waals surface area contributed by atoms with Crippen LogP contribution in [0.3, 0.4) is 0 Å². The number of hydrogen-bond donors (Lipinski definition) is 2. The van der Waals surface area contributed by atoms with Gasteiger partial charge in [0, 0.05) is 19.2 Å². The summed E-state index contributed by atoms with van der Waals surface area (Å²) in [5.41, 5.74) is 6.21. The van der Waals surface area contributed by atoms with Gasteiger partial charge in [0.25, 0.3) is 0 Å². The second-order valence-electron chi connectivity index (χ2n) is 9.16. The van der Waals surface area contributed by atoms with Crippen LogP contribution in [0, 0.1) is 19.8 Å². The van der Waals surface area contributed by atoms with Crippen molar-refractivity contribution in [2.24, 2.45) is 5.92 Å². The molecule has 0 radical (unpaired) electrons. The van der Waals surface area contributed by atoms with E-state index in [1.165, 1.54) is 0 Å². The van der Waals surface area contributed by atoms with E-state index in [1.54, 1.807) is 0 Å². The molecule has 0 unspecified atom stereocenters. The average molecular weight is 491 g/mol. The molecule has 0 spiro atoms. The zero-order valence-corrected chi connectivity index (χ0v) is 21.5. The quantitative estimate of drug-likeness (QED) is 0.405. The summed E-state index contributed by atoms with van der Waals surface area (Å²) in [6.07, 6.45) is 0. The van der Waals surface area contributed by atoms with Crippen LogP contribution in [-0.4, -0.2) is 33.9 Å². The number of hydrogen-bond acceptors (Lipinski definition) is 7. The summed E-state index contributed by atoms with van der Waals surface area (Å²) in [4.78, 5) is 28.3. The summed E-state index contributed by atoms with van der Waals surface area (Å²) in [5.74, 6) is 2.01. The minimum Gasteiger partial charge on any atom is -0.436 e. The molecule has 2 N–H and O–H groups in total. The molecule has 5 rings (SSSR count). The number of likely N-dealkylation sites (N-methyl/N-ethyl adjacent to an activating group) is 1. The molecule has 4 aromatic rings. The topological polar surface area (TPSA) is 96.2 Å². The predicted molar refractivity (Wildman–Crippen MR) is 144 cm³/mol. The van der Waals surface area contributed by atoms with Crippen LogP contribution < -0.4 is 15.5 Å². The van der Waals surface area contributed by atoms with Gasteiger partial charge in [-0.3, -0.25) is 4.79 Å². The Labute approximate surface area is 211 Å². The predicted octanol–water partition coefficient (Wildman–Crippen LogP) is 5.04. The number of nitrogens with zero attached hydrogens (tertiary/aromatic N) is 4. The molecule has 9 heteroatoms. The number of aromatic nitrogens is 3. The summed E-state index contributed by atoms with van der Waals surface area (Å²) < 4.78 is 5.91. The Balaban J connectivity index is 0.00000289. The van der Waals surface area contributed by atoms with Gasteiger partial charge in [-0.05, 0) is 55.2 Å². The molecule has 2 aromatic carbocycles. The minimum absolute atomic E-state index is 0. The Morgan fingerprint density at radius 2 is 1.83 bits per heavy atom. The van der Waals surface area contributed by atoms with Crippen molar-refractivity contribution in [2.75, 3.05) is 22.6 Å². The maximum Gasteiger partial charge on any atom is 0.247 e. The molecule has 182 valence electrons. The Bertz CT molecular complexity index is 1380. The van der Waals surface area contributed by atoms with Crippen LogP contribution in [0.4, 0.5) is 17.5 Å². The molecule has 0 bridgehead atoms. The Kier molecular flexibility index (Phi) is 6.71. The molecule has 0 fully saturated rings. The van der Waals surface area contributed by atoms with Crippen molar-refractivity contribution in [3.63, 3.8) is 0 Å². The molecule has 1 atom stereocenters. The summed E-state index contributed by atoms with van der Waals surface area (Å²) in [6, 6.07) is 13.8. The van der Waals surface area contributed by atoms with E-state index >= 15 is 0 Å². The molecular weight excluding hydrogens is 460 g/mol. The maximum atomic E-state index is 12.5. The first-order valence-corrected chi connectivity index (χ1v) is 11.4. The molecule has 2 aromatic heterocycles. The molecular formula is C26H30N6O2S. The molecule has 0 saturated heterocycles. The van der Waals surface area contributed by atoms with Crippen LogP contribution in [-0.2, 0) is 11.3 Å². The Morgan fingerprint density at radius 1 is 1.09 bits per heavy atom. The van der Waals surface area contributed by atoms with Crippen LogP contribution in [0.15, 0.2) is 46.9 Å². The fraction of sp³-hybridized carbons (Fsp3) is 0.308. The number of rotatable bonds is 5. The highest BCUT2D eigenvalue weighted by atomic mass is 32.1. The highest BCUT2D eigenvalue weighted by Gasteiger charge is 2.35. The van der Waals surface area contributed by atoms with E-state index in [1.807, 2.05) is 82.1 Å². The SMILES string of the molecule is Cc1ccc2oc(-c3ccc(CNc4nc(C)c5c(n4)N(C)[C@@H](C(C)C)C(=O)N5)cc3)nc2c1.S. The van der Waals surface area contributed by atoms with Gasteiger partial charge in [-0.25, -0.2) is 9.97 Å². The number of aryl methyl sites for hydroxylation is 2. The first-order chi connectivity index (χ1) is 16.3.